The summed E-state index contributed by atoms with van der Waals surface area (Å²) in [6.07, 6.45) is 0. The predicted octanol–water partition coefficient (Wildman–Crippen LogP) is 1.44. The molecule has 0 radical (unpaired) electrons. The van der Waals surface area contributed by atoms with Gasteiger partial charge < -0.3 is 5.43 Å². The van der Waals surface area contributed by atoms with E-state index < -0.39 is 39.6 Å². The van der Waals surface area contributed by atoms with E-state index in [4.69, 9.17) is 0 Å². The van der Waals surface area contributed by atoms with Gasteiger partial charge in [0.1, 0.15) is 5.69 Å². The second-order valence-corrected chi connectivity index (χ2v) is 2.38. The number of benzene rings is 1. The molecule has 9 heteroatoms. The molecule has 5 nitrogen and oxygen atoms in total. The average molecular weight is 225 g/mol. The molecular formula is C6H3F4N3O2. The Morgan fingerprint density at radius 1 is 1.07 bits per heavy atom. The first kappa shape index (κ1) is 11.2. The zero-order chi connectivity index (χ0) is 11.7. The Kier molecular flexibility index (Phi) is 2.75. The molecule has 1 aromatic rings. The van der Waals surface area contributed by atoms with E-state index in [0.29, 0.717) is 0 Å². The maximum atomic E-state index is 12.8. The number of hydrogen-bond acceptors (Lipinski definition) is 4. The van der Waals surface area contributed by atoms with Crippen LogP contribution in [-0.4, -0.2) is 4.92 Å². The second-order valence-electron chi connectivity index (χ2n) is 2.38. The molecule has 0 bridgehead atoms. The molecule has 0 aromatic heterocycles. The van der Waals surface area contributed by atoms with E-state index in [-0.39, 0.29) is 0 Å². The molecule has 0 saturated heterocycles. The van der Waals surface area contributed by atoms with Crippen LogP contribution < -0.4 is 11.3 Å². The molecule has 1 rings (SSSR count). The third kappa shape index (κ3) is 1.56. The van der Waals surface area contributed by atoms with Crippen LogP contribution in [0.25, 0.3) is 0 Å². The summed E-state index contributed by atoms with van der Waals surface area (Å²) < 4.78 is 51.3. The molecule has 82 valence electrons. The minimum absolute atomic E-state index is 1.31. The summed E-state index contributed by atoms with van der Waals surface area (Å²) >= 11 is 0. The maximum Gasteiger partial charge on any atom is 0.346 e. The van der Waals surface area contributed by atoms with E-state index >= 15 is 0 Å². The number of nitro groups is 1. The molecule has 3 N–H and O–H groups in total. The molecule has 0 spiro atoms. The van der Waals surface area contributed by atoms with E-state index in [1.165, 1.54) is 5.43 Å². The van der Waals surface area contributed by atoms with Crippen LogP contribution >= 0.6 is 0 Å². The summed E-state index contributed by atoms with van der Waals surface area (Å²) in [5.74, 6) is -3.57. The number of nitrogen functional groups attached to an aromatic ring is 1. The fourth-order valence-corrected chi connectivity index (χ4v) is 0.907. The number of anilines is 1. The average Bonchev–Trinajstić information content (AvgIpc) is 2.16. The number of nitrogens with two attached hydrogens (primary N) is 1. The lowest BCUT2D eigenvalue weighted by Gasteiger charge is -2.05. The Morgan fingerprint density at radius 2 is 1.47 bits per heavy atom. The van der Waals surface area contributed by atoms with Crippen molar-refractivity contribution in [1.29, 1.82) is 0 Å². The van der Waals surface area contributed by atoms with Gasteiger partial charge in [-0.3, -0.25) is 16.0 Å². The van der Waals surface area contributed by atoms with Crippen molar-refractivity contribution in [3.8, 4) is 0 Å². The van der Waals surface area contributed by atoms with E-state index in [1.54, 1.807) is 0 Å². The summed E-state index contributed by atoms with van der Waals surface area (Å²) in [6.45, 7) is 0. The van der Waals surface area contributed by atoms with E-state index in [0.717, 1.165) is 0 Å². The van der Waals surface area contributed by atoms with Crippen molar-refractivity contribution in [3.63, 3.8) is 0 Å². The van der Waals surface area contributed by atoms with Crippen LogP contribution in [0.5, 0.6) is 0 Å². The highest BCUT2D eigenvalue weighted by Gasteiger charge is 2.32. The summed E-state index contributed by atoms with van der Waals surface area (Å²) in [7, 11) is 0. The van der Waals surface area contributed by atoms with Gasteiger partial charge in [-0.1, -0.05) is 0 Å². The van der Waals surface area contributed by atoms with Crippen molar-refractivity contribution < 1.29 is 22.5 Å². The third-order valence-corrected chi connectivity index (χ3v) is 1.57. The number of hydrazine groups is 1. The lowest BCUT2D eigenvalue weighted by atomic mass is 10.2. The van der Waals surface area contributed by atoms with Gasteiger partial charge in [0.15, 0.2) is 11.6 Å². The Hall–Kier alpha value is -1.90. The van der Waals surface area contributed by atoms with Crippen molar-refractivity contribution >= 4 is 11.4 Å². The maximum absolute atomic E-state index is 12.8. The molecule has 0 atom stereocenters. The first-order valence-corrected chi connectivity index (χ1v) is 3.38. The van der Waals surface area contributed by atoms with Gasteiger partial charge in [-0.05, 0) is 0 Å². The van der Waals surface area contributed by atoms with Crippen LogP contribution in [0.1, 0.15) is 0 Å². The molecule has 0 fully saturated rings. The van der Waals surface area contributed by atoms with Crippen LogP contribution in [0.4, 0.5) is 28.9 Å². The van der Waals surface area contributed by atoms with Crippen LogP contribution in [0, 0.1) is 33.4 Å². The Morgan fingerprint density at radius 3 is 1.73 bits per heavy atom. The zero-order valence-electron chi connectivity index (χ0n) is 6.85. The van der Waals surface area contributed by atoms with Gasteiger partial charge in [-0.2, -0.15) is 8.78 Å². The standard InChI is InChI=1S/C6H3F4N3O2/c7-1-3(9)6(13(14)15)4(10)2(8)5(1)12-11/h12H,11H2. The molecule has 0 aliphatic carbocycles. The molecule has 0 aliphatic heterocycles. The molecule has 0 saturated carbocycles. The van der Waals surface area contributed by atoms with Crippen LogP contribution in [0.2, 0.25) is 0 Å². The number of nitrogens with one attached hydrogen (secondary N) is 1. The summed E-state index contributed by atoms with van der Waals surface area (Å²) in [6, 6.07) is 0. The quantitative estimate of drug-likeness (QED) is 0.262. The number of halogens is 4. The predicted molar refractivity (Wildman–Crippen MR) is 40.7 cm³/mol. The topological polar surface area (TPSA) is 81.2 Å². The first-order valence-electron chi connectivity index (χ1n) is 3.38. The Labute approximate surface area is 79.6 Å². The Balaban J connectivity index is 3.66. The van der Waals surface area contributed by atoms with E-state index in [2.05, 4.69) is 5.84 Å². The van der Waals surface area contributed by atoms with Gasteiger partial charge in [0, 0.05) is 0 Å². The van der Waals surface area contributed by atoms with Crippen LogP contribution in [0.3, 0.4) is 0 Å². The number of rotatable bonds is 2. The van der Waals surface area contributed by atoms with Crippen LogP contribution in [-0.2, 0) is 0 Å². The van der Waals surface area contributed by atoms with Gasteiger partial charge in [0.25, 0.3) is 0 Å². The molecule has 0 unspecified atom stereocenters. The lowest BCUT2D eigenvalue weighted by Crippen LogP contribution is -2.14. The molecular weight excluding hydrogens is 222 g/mol. The number of nitrogens with zero attached hydrogens (tertiary/aromatic N) is 1. The van der Waals surface area contributed by atoms with Crippen molar-refractivity contribution in [1.82, 2.24) is 0 Å². The highest BCUT2D eigenvalue weighted by Crippen LogP contribution is 2.31. The molecule has 0 amide bonds. The van der Waals surface area contributed by atoms with Crippen molar-refractivity contribution in [2.45, 2.75) is 0 Å². The second kappa shape index (κ2) is 3.69. The minimum atomic E-state index is -2.12. The summed E-state index contributed by atoms with van der Waals surface area (Å²) in [5, 5.41) is 10.1. The molecule has 15 heavy (non-hydrogen) atoms. The SMILES string of the molecule is NNc1c(F)c(F)c([N+](=O)[O-])c(F)c1F. The van der Waals surface area contributed by atoms with Crippen molar-refractivity contribution in [2.24, 2.45) is 5.84 Å². The highest BCUT2D eigenvalue weighted by atomic mass is 19.2. The normalized spacial score (nSPS) is 10.2. The van der Waals surface area contributed by atoms with Gasteiger partial charge in [-0.15, -0.1) is 0 Å². The van der Waals surface area contributed by atoms with Gasteiger partial charge in [-0.25, -0.2) is 8.78 Å². The Bertz CT molecular complexity index is 408. The third-order valence-electron chi connectivity index (χ3n) is 1.57. The van der Waals surface area contributed by atoms with Crippen molar-refractivity contribution in [2.75, 3.05) is 5.43 Å². The summed E-state index contributed by atoms with van der Waals surface area (Å²) in [5.41, 5.74) is -1.85. The largest absolute Gasteiger partial charge is 0.346 e. The fraction of sp³-hybridized carbons (Fsp3) is 0. The molecule has 1 aromatic carbocycles. The smallest absolute Gasteiger partial charge is 0.319 e. The minimum Gasteiger partial charge on any atom is -0.319 e. The highest BCUT2D eigenvalue weighted by molar-refractivity contribution is 5.52. The zero-order valence-corrected chi connectivity index (χ0v) is 6.85. The van der Waals surface area contributed by atoms with E-state index in [1.807, 2.05) is 0 Å². The fourth-order valence-electron chi connectivity index (χ4n) is 0.907. The monoisotopic (exact) mass is 225 g/mol. The number of hydrogen-bond donors (Lipinski definition) is 2. The lowest BCUT2D eigenvalue weighted by molar-refractivity contribution is -0.390. The summed E-state index contributed by atoms with van der Waals surface area (Å²) in [4.78, 5) is 8.51. The molecule has 0 aliphatic rings. The first-order chi connectivity index (χ1) is 6.91. The van der Waals surface area contributed by atoms with Crippen LogP contribution in [0.15, 0.2) is 0 Å². The van der Waals surface area contributed by atoms with Gasteiger partial charge in [0.05, 0.1) is 4.92 Å². The van der Waals surface area contributed by atoms with Gasteiger partial charge in [0.2, 0.25) is 11.6 Å². The van der Waals surface area contributed by atoms with E-state index in [9.17, 15) is 27.7 Å². The van der Waals surface area contributed by atoms with Crippen molar-refractivity contribution in [3.05, 3.63) is 33.4 Å². The van der Waals surface area contributed by atoms with Gasteiger partial charge >= 0.3 is 5.69 Å². The number of nitro benzene ring substituents is 1. The molecule has 0 heterocycles.